The number of hydrogen-bond donors (Lipinski definition) is 4. The summed E-state index contributed by atoms with van der Waals surface area (Å²) in [5.41, 5.74) is 5.38. The molecule has 0 rings (SSSR count). The van der Waals surface area contributed by atoms with Crippen LogP contribution in [-0.2, 0) is 18.4 Å². The van der Waals surface area contributed by atoms with Gasteiger partial charge in [-0.05, 0) is 19.3 Å². The average molecular weight is 801 g/mol. The normalized spacial score (nSPS) is 14.1. The smallest absolute Gasteiger partial charge is 0.387 e. The largest absolute Gasteiger partial charge is 0.472 e. The number of amides is 1. The van der Waals surface area contributed by atoms with Gasteiger partial charge in [-0.1, -0.05) is 231 Å². The van der Waals surface area contributed by atoms with Crippen LogP contribution in [0.5, 0.6) is 0 Å². The van der Waals surface area contributed by atoms with Gasteiger partial charge in [0.1, 0.15) is 0 Å². The summed E-state index contributed by atoms with van der Waals surface area (Å²) >= 11 is 0. The third-order valence-corrected chi connectivity index (χ3v) is 11.8. The van der Waals surface area contributed by atoms with Crippen molar-refractivity contribution in [2.75, 3.05) is 19.8 Å². The van der Waals surface area contributed by atoms with E-state index in [4.69, 9.17) is 14.8 Å². The number of phosphoric acid groups is 1. The van der Waals surface area contributed by atoms with Gasteiger partial charge in [0.05, 0.1) is 25.4 Å². The van der Waals surface area contributed by atoms with Crippen molar-refractivity contribution in [3.05, 3.63) is 12.2 Å². The van der Waals surface area contributed by atoms with Crippen LogP contribution < -0.4 is 11.1 Å². The molecule has 1 amide bonds. The first kappa shape index (κ1) is 54.2. The molecule has 3 atom stereocenters. The Balaban J connectivity index is 4.06. The number of carbonyl (C=O) groups is 1. The predicted octanol–water partition coefficient (Wildman–Crippen LogP) is 13.6. The zero-order valence-corrected chi connectivity index (χ0v) is 37.3. The van der Waals surface area contributed by atoms with Crippen LogP contribution in [-0.4, -0.2) is 47.8 Å². The maximum Gasteiger partial charge on any atom is 0.472 e. The summed E-state index contributed by atoms with van der Waals surface area (Å²) in [7, 11) is -4.33. The molecule has 3 unspecified atom stereocenters. The minimum absolute atomic E-state index is 0.0814. The molecule has 0 spiro atoms. The standard InChI is InChI=1S/C46H93N2O6P/c1-3-5-7-9-11-13-15-17-19-20-21-22-23-24-25-26-28-30-32-34-36-38-40-46(50)48-44(43-54-55(51,52)53-42-41-47)45(49)39-37-35-33-31-29-27-18-16-14-12-10-8-6-4-2/h37,39,44-45,49H,3-36,38,40-43,47H2,1-2H3,(H,48,50)(H,51,52)/b39-37+. The van der Waals surface area contributed by atoms with Crippen LogP contribution >= 0.6 is 7.82 Å². The Morgan fingerprint density at radius 1 is 0.582 bits per heavy atom. The minimum Gasteiger partial charge on any atom is -0.387 e. The molecule has 0 fully saturated rings. The van der Waals surface area contributed by atoms with Gasteiger partial charge in [-0.2, -0.15) is 0 Å². The van der Waals surface area contributed by atoms with Crippen molar-refractivity contribution in [2.45, 2.75) is 257 Å². The first-order valence-corrected chi connectivity index (χ1v) is 25.3. The van der Waals surface area contributed by atoms with E-state index in [1.807, 2.05) is 6.08 Å². The van der Waals surface area contributed by atoms with Gasteiger partial charge < -0.3 is 21.1 Å². The molecule has 55 heavy (non-hydrogen) atoms. The molecule has 0 aliphatic heterocycles. The van der Waals surface area contributed by atoms with Gasteiger partial charge in [-0.25, -0.2) is 4.57 Å². The Bertz CT molecular complexity index is 875. The fraction of sp³-hybridized carbons (Fsp3) is 0.935. The number of phosphoric ester groups is 1. The lowest BCUT2D eigenvalue weighted by Gasteiger charge is -2.23. The maximum atomic E-state index is 12.8. The Kier molecular flexibility index (Phi) is 42.2. The van der Waals surface area contributed by atoms with Crippen LogP contribution in [0, 0.1) is 0 Å². The van der Waals surface area contributed by atoms with E-state index < -0.39 is 20.0 Å². The number of aliphatic hydroxyl groups is 1. The second kappa shape index (κ2) is 42.8. The van der Waals surface area contributed by atoms with Crippen LogP contribution in [0.1, 0.15) is 245 Å². The van der Waals surface area contributed by atoms with Gasteiger partial charge in [0, 0.05) is 13.0 Å². The molecule has 0 aromatic heterocycles. The zero-order valence-electron chi connectivity index (χ0n) is 36.4. The molecule has 0 heterocycles. The second-order valence-electron chi connectivity index (χ2n) is 16.3. The zero-order chi connectivity index (χ0) is 40.3. The third kappa shape index (κ3) is 41.2. The van der Waals surface area contributed by atoms with Gasteiger partial charge in [0.2, 0.25) is 5.91 Å². The van der Waals surface area contributed by atoms with Crippen molar-refractivity contribution in [2.24, 2.45) is 5.73 Å². The lowest BCUT2D eigenvalue weighted by atomic mass is 10.0. The van der Waals surface area contributed by atoms with Gasteiger partial charge >= 0.3 is 7.82 Å². The highest BCUT2D eigenvalue weighted by atomic mass is 31.2. The lowest BCUT2D eigenvalue weighted by Crippen LogP contribution is -2.45. The highest BCUT2D eigenvalue weighted by molar-refractivity contribution is 7.47. The number of allylic oxidation sites excluding steroid dienone is 1. The van der Waals surface area contributed by atoms with Crippen molar-refractivity contribution in [3.63, 3.8) is 0 Å². The molecule has 0 saturated carbocycles. The molecule has 0 bridgehead atoms. The van der Waals surface area contributed by atoms with Crippen molar-refractivity contribution < 1.29 is 28.4 Å². The van der Waals surface area contributed by atoms with Crippen LogP contribution in [0.15, 0.2) is 12.2 Å². The SMILES string of the molecule is CCCCCCCCCCCCCC/C=C/C(O)C(COP(=O)(O)OCCN)NC(=O)CCCCCCCCCCCCCCCCCCCCCCCC. The number of hydrogen-bond acceptors (Lipinski definition) is 6. The highest BCUT2D eigenvalue weighted by Crippen LogP contribution is 2.43. The summed E-state index contributed by atoms with van der Waals surface area (Å²) in [4.78, 5) is 22.7. The fourth-order valence-corrected chi connectivity index (χ4v) is 8.01. The Morgan fingerprint density at radius 3 is 1.29 bits per heavy atom. The molecule has 0 aliphatic rings. The first-order chi connectivity index (χ1) is 26.9. The van der Waals surface area contributed by atoms with E-state index in [1.165, 1.54) is 186 Å². The fourth-order valence-electron chi connectivity index (χ4n) is 7.25. The van der Waals surface area contributed by atoms with E-state index in [1.54, 1.807) is 6.08 Å². The molecule has 0 saturated heterocycles. The molecular formula is C46H93N2O6P. The monoisotopic (exact) mass is 801 g/mol. The summed E-state index contributed by atoms with van der Waals surface area (Å²) in [6.45, 7) is 4.17. The summed E-state index contributed by atoms with van der Waals surface area (Å²) < 4.78 is 22.2. The van der Waals surface area contributed by atoms with Crippen molar-refractivity contribution in [1.29, 1.82) is 0 Å². The summed E-state index contributed by atoms with van der Waals surface area (Å²) in [6.07, 6.45) is 48.4. The highest BCUT2D eigenvalue weighted by Gasteiger charge is 2.26. The number of aliphatic hydroxyl groups excluding tert-OH is 1. The van der Waals surface area contributed by atoms with Gasteiger partial charge in [-0.3, -0.25) is 13.8 Å². The van der Waals surface area contributed by atoms with Crippen LogP contribution in [0.2, 0.25) is 0 Å². The summed E-state index contributed by atoms with van der Waals surface area (Å²) in [5.74, 6) is -0.189. The topological polar surface area (TPSA) is 131 Å². The van der Waals surface area contributed by atoms with Gasteiger partial charge in [0.15, 0.2) is 0 Å². The molecule has 0 aliphatic carbocycles. The van der Waals surface area contributed by atoms with Gasteiger partial charge in [0.25, 0.3) is 0 Å². The Hall–Kier alpha value is -0.760. The van der Waals surface area contributed by atoms with E-state index in [2.05, 4.69) is 19.2 Å². The molecule has 5 N–H and O–H groups in total. The predicted molar refractivity (Wildman–Crippen MR) is 235 cm³/mol. The number of carbonyl (C=O) groups excluding carboxylic acids is 1. The van der Waals surface area contributed by atoms with Crippen LogP contribution in [0.3, 0.4) is 0 Å². The van der Waals surface area contributed by atoms with Crippen LogP contribution in [0.4, 0.5) is 0 Å². The maximum absolute atomic E-state index is 12.8. The quantitative estimate of drug-likeness (QED) is 0.0274. The third-order valence-electron chi connectivity index (χ3n) is 10.9. The molecule has 0 aromatic carbocycles. The van der Waals surface area contributed by atoms with E-state index in [-0.39, 0.29) is 25.7 Å². The Labute approximate surface area is 341 Å². The number of rotatable bonds is 45. The second-order valence-corrected chi connectivity index (χ2v) is 17.8. The number of nitrogens with one attached hydrogen (secondary N) is 1. The molecular weight excluding hydrogens is 707 g/mol. The van der Waals surface area contributed by atoms with E-state index >= 15 is 0 Å². The summed E-state index contributed by atoms with van der Waals surface area (Å²) in [5, 5.41) is 13.7. The molecule has 8 nitrogen and oxygen atoms in total. The van der Waals surface area contributed by atoms with E-state index in [9.17, 15) is 19.4 Å². The molecule has 328 valence electrons. The van der Waals surface area contributed by atoms with Crippen molar-refractivity contribution in [1.82, 2.24) is 5.32 Å². The molecule has 0 aromatic rings. The Morgan fingerprint density at radius 2 is 0.927 bits per heavy atom. The lowest BCUT2D eigenvalue weighted by molar-refractivity contribution is -0.123. The number of nitrogens with two attached hydrogens (primary N) is 1. The molecule has 9 heteroatoms. The van der Waals surface area contributed by atoms with Crippen molar-refractivity contribution >= 4 is 13.7 Å². The average Bonchev–Trinajstić information content (AvgIpc) is 3.17. The molecule has 0 radical (unpaired) electrons. The minimum atomic E-state index is -4.33. The van der Waals surface area contributed by atoms with Crippen LogP contribution in [0.25, 0.3) is 0 Å². The number of unbranched alkanes of at least 4 members (excludes halogenated alkanes) is 33. The van der Waals surface area contributed by atoms with E-state index in [0.717, 1.165) is 38.5 Å². The summed E-state index contributed by atoms with van der Waals surface area (Å²) in [6, 6.07) is -0.854. The van der Waals surface area contributed by atoms with Crippen molar-refractivity contribution in [3.8, 4) is 0 Å². The van der Waals surface area contributed by atoms with E-state index in [0.29, 0.717) is 6.42 Å². The first-order valence-electron chi connectivity index (χ1n) is 23.8. The van der Waals surface area contributed by atoms with Gasteiger partial charge in [-0.15, -0.1) is 0 Å².